The molecule has 4 aromatic rings. The second-order valence-corrected chi connectivity index (χ2v) is 9.83. The van der Waals surface area contributed by atoms with Crippen molar-refractivity contribution < 1.29 is 23.0 Å². The summed E-state index contributed by atoms with van der Waals surface area (Å²) < 4.78 is 46.6. The molecule has 0 atom stereocenters. The van der Waals surface area contributed by atoms with Gasteiger partial charge in [-0.15, -0.1) is 0 Å². The Bertz CT molecular complexity index is 1600. The van der Waals surface area contributed by atoms with Crippen LogP contribution in [0.1, 0.15) is 25.0 Å². The van der Waals surface area contributed by atoms with Crippen LogP contribution in [0.4, 0.5) is 14.6 Å². The van der Waals surface area contributed by atoms with Gasteiger partial charge < -0.3 is 19.1 Å². The number of nitriles is 1. The van der Waals surface area contributed by atoms with Crippen LogP contribution in [0.2, 0.25) is 0 Å². The van der Waals surface area contributed by atoms with Crippen molar-refractivity contribution in [1.82, 2.24) is 19.9 Å². The summed E-state index contributed by atoms with van der Waals surface area (Å²) in [4.78, 5) is 20.6. The van der Waals surface area contributed by atoms with Crippen molar-refractivity contribution in [3.05, 3.63) is 54.0 Å². The second kappa shape index (κ2) is 10.3. The van der Waals surface area contributed by atoms with E-state index in [2.05, 4.69) is 16.0 Å². The zero-order chi connectivity index (χ0) is 27.9. The smallest absolute Gasteiger partial charge is 0.177 e. The van der Waals surface area contributed by atoms with Crippen LogP contribution in [0.25, 0.3) is 33.5 Å². The van der Waals surface area contributed by atoms with E-state index in [9.17, 15) is 5.26 Å². The molecule has 9 nitrogen and oxygen atoms in total. The zero-order valence-electron chi connectivity index (χ0n) is 22.1. The minimum absolute atomic E-state index is 0.0610. The van der Waals surface area contributed by atoms with Crippen molar-refractivity contribution >= 4 is 16.7 Å². The maximum Gasteiger partial charge on any atom is 0.177 e. The van der Waals surface area contributed by atoms with Crippen LogP contribution >= 0.6 is 0 Å². The monoisotopic (exact) mass is 544 g/mol. The summed E-state index contributed by atoms with van der Waals surface area (Å²) in [6.45, 7) is 2.02. The van der Waals surface area contributed by atoms with Gasteiger partial charge in [0, 0.05) is 42.5 Å². The van der Waals surface area contributed by atoms with E-state index >= 15 is 8.78 Å². The topological polar surface area (TPSA) is 106 Å². The predicted molar refractivity (Wildman–Crippen MR) is 143 cm³/mol. The molecule has 2 aliphatic rings. The summed E-state index contributed by atoms with van der Waals surface area (Å²) in [5.41, 5.74) is 1.15. The van der Waals surface area contributed by atoms with E-state index in [-0.39, 0.29) is 22.8 Å². The third-order valence-corrected chi connectivity index (χ3v) is 7.62. The molecule has 204 valence electrons. The number of hydrogen-bond acceptors (Lipinski definition) is 9. The number of morpholine rings is 1. The molecule has 1 saturated heterocycles. The van der Waals surface area contributed by atoms with Crippen molar-refractivity contribution in [3.8, 4) is 40.2 Å². The number of methoxy groups -OCH3 is 2. The second-order valence-electron chi connectivity index (χ2n) is 9.83. The molecule has 1 aliphatic carbocycles. The highest BCUT2D eigenvalue weighted by molar-refractivity contribution is 5.92. The van der Waals surface area contributed by atoms with Crippen molar-refractivity contribution in [2.24, 2.45) is 0 Å². The lowest BCUT2D eigenvalue weighted by molar-refractivity contribution is 0.122. The molecular formula is C29H26F2N6O3. The predicted octanol–water partition coefficient (Wildman–Crippen LogP) is 4.83. The number of benzene rings is 1. The van der Waals surface area contributed by atoms with E-state index in [0.29, 0.717) is 54.4 Å². The summed E-state index contributed by atoms with van der Waals surface area (Å²) in [6.07, 6.45) is 5.91. The maximum absolute atomic E-state index is 15.4. The SMILES string of the molecule is COc1cc(OC)c(F)c(-c2cc3cnc(-c4ccc(C5(C#N)CCC5)nc4)nc3c(N3CCOCC3)n2)c1F. The normalized spacial score (nSPS) is 16.3. The first kappa shape index (κ1) is 25.8. The Morgan fingerprint density at radius 1 is 0.975 bits per heavy atom. The fourth-order valence-electron chi connectivity index (χ4n) is 5.16. The zero-order valence-corrected chi connectivity index (χ0v) is 22.1. The molecule has 0 radical (unpaired) electrons. The molecule has 6 rings (SSSR count). The minimum atomic E-state index is -0.883. The van der Waals surface area contributed by atoms with E-state index in [1.54, 1.807) is 18.5 Å². The Morgan fingerprint density at radius 2 is 1.70 bits per heavy atom. The molecular weight excluding hydrogens is 518 g/mol. The number of hydrogen-bond donors (Lipinski definition) is 0. The van der Waals surface area contributed by atoms with Gasteiger partial charge in [0.25, 0.3) is 0 Å². The molecule has 0 amide bonds. The molecule has 2 fully saturated rings. The molecule has 0 bridgehead atoms. The summed E-state index contributed by atoms with van der Waals surface area (Å²) in [5, 5.41) is 10.2. The van der Waals surface area contributed by atoms with Gasteiger partial charge in [-0.2, -0.15) is 5.26 Å². The third-order valence-electron chi connectivity index (χ3n) is 7.62. The standard InChI is InChI=1S/C29H26F2N6O3/c1-38-20-13-21(39-2)25(31)23(24(20)30)19-12-18-15-34-27(36-26(18)28(35-19)37-8-10-40-11-9-37)17-4-5-22(33-14-17)29(16-32)6-3-7-29/h4-5,12-15H,3,6-11H2,1-2H3. The molecule has 3 aromatic heterocycles. The van der Waals surface area contributed by atoms with Crippen molar-refractivity contribution in [1.29, 1.82) is 5.26 Å². The van der Waals surface area contributed by atoms with E-state index in [4.69, 9.17) is 24.2 Å². The van der Waals surface area contributed by atoms with Crippen LogP contribution in [-0.4, -0.2) is 60.5 Å². The fraction of sp³-hybridized carbons (Fsp3) is 0.345. The lowest BCUT2D eigenvalue weighted by atomic mass is 9.67. The van der Waals surface area contributed by atoms with Gasteiger partial charge in [0.05, 0.1) is 55.9 Å². The molecule has 40 heavy (non-hydrogen) atoms. The van der Waals surface area contributed by atoms with Gasteiger partial charge in [0.15, 0.2) is 34.8 Å². The van der Waals surface area contributed by atoms with Crippen LogP contribution in [-0.2, 0) is 10.2 Å². The Hall–Kier alpha value is -4.43. The minimum Gasteiger partial charge on any atom is -0.494 e. The highest BCUT2D eigenvalue weighted by atomic mass is 19.1. The number of fused-ring (bicyclic) bond motifs is 1. The first-order valence-corrected chi connectivity index (χ1v) is 13.0. The first-order chi connectivity index (χ1) is 19.5. The number of ether oxygens (including phenoxy) is 3. The van der Waals surface area contributed by atoms with E-state index < -0.39 is 17.0 Å². The largest absolute Gasteiger partial charge is 0.494 e. The maximum atomic E-state index is 15.4. The van der Waals surface area contributed by atoms with Gasteiger partial charge in [-0.05, 0) is 37.5 Å². The van der Waals surface area contributed by atoms with Crippen LogP contribution in [0.5, 0.6) is 11.5 Å². The summed E-state index contributed by atoms with van der Waals surface area (Å²) in [6, 6.07) is 8.85. The summed E-state index contributed by atoms with van der Waals surface area (Å²) in [7, 11) is 2.60. The van der Waals surface area contributed by atoms with Crippen LogP contribution in [0.3, 0.4) is 0 Å². The Balaban J connectivity index is 1.49. The van der Waals surface area contributed by atoms with Crippen molar-refractivity contribution in [2.75, 3.05) is 45.4 Å². The van der Waals surface area contributed by atoms with Crippen LogP contribution < -0.4 is 14.4 Å². The lowest BCUT2D eigenvalue weighted by Gasteiger charge is -2.34. The number of anilines is 1. The molecule has 4 heterocycles. The van der Waals surface area contributed by atoms with Gasteiger partial charge >= 0.3 is 0 Å². The average Bonchev–Trinajstić information content (AvgIpc) is 2.97. The Kier molecular flexibility index (Phi) is 6.64. The number of rotatable bonds is 6. The highest BCUT2D eigenvalue weighted by Gasteiger charge is 2.40. The van der Waals surface area contributed by atoms with E-state index in [0.717, 1.165) is 31.0 Å². The third kappa shape index (κ3) is 4.25. The van der Waals surface area contributed by atoms with E-state index in [1.807, 2.05) is 17.0 Å². The molecule has 0 unspecified atom stereocenters. The van der Waals surface area contributed by atoms with Crippen LogP contribution in [0, 0.1) is 23.0 Å². The van der Waals surface area contributed by atoms with Gasteiger partial charge in [0.2, 0.25) is 0 Å². The summed E-state index contributed by atoms with van der Waals surface area (Å²) in [5.74, 6) is -1.20. The molecule has 1 aliphatic heterocycles. The molecule has 0 N–H and O–H groups in total. The highest BCUT2D eigenvalue weighted by Crippen LogP contribution is 2.43. The number of aromatic nitrogens is 4. The Morgan fingerprint density at radius 3 is 2.27 bits per heavy atom. The number of nitrogens with zero attached hydrogens (tertiary/aromatic N) is 6. The van der Waals surface area contributed by atoms with Gasteiger partial charge in [0.1, 0.15) is 5.52 Å². The first-order valence-electron chi connectivity index (χ1n) is 13.0. The van der Waals surface area contributed by atoms with Crippen LogP contribution in [0.15, 0.2) is 36.7 Å². The van der Waals surface area contributed by atoms with Gasteiger partial charge in [-0.1, -0.05) is 0 Å². The number of halogens is 2. The summed E-state index contributed by atoms with van der Waals surface area (Å²) >= 11 is 0. The van der Waals surface area contributed by atoms with Gasteiger partial charge in [-0.3, -0.25) is 4.98 Å². The molecule has 0 spiro atoms. The average molecular weight is 545 g/mol. The lowest BCUT2D eigenvalue weighted by Crippen LogP contribution is -2.37. The van der Waals surface area contributed by atoms with Crippen molar-refractivity contribution in [2.45, 2.75) is 24.7 Å². The fourth-order valence-corrected chi connectivity index (χ4v) is 5.16. The molecule has 1 aromatic carbocycles. The van der Waals surface area contributed by atoms with Gasteiger partial charge in [-0.25, -0.2) is 23.7 Å². The molecule has 1 saturated carbocycles. The molecule has 11 heteroatoms. The Labute approximate surface area is 229 Å². The van der Waals surface area contributed by atoms with E-state index in [1.165, 1.54) is 14.2 Å². The van der Waals surface area contributed by atoms with Crippen molar-refractivity contribution in [3.63, 3.8) is 0 Å². The quantitative estimate of drug-likeness (QED) is 0.337. The number of pyridine rings is 2.